The van der Waals surface area contributed by atoms with Gasteiger partial charge in [-0.15, -0.1) is 0 Å². The number of rotatable bonds is 5. The number of hydrogen-bond acceptors (Lipinski definition) is 3. The van der Waals surface area contributed by atoms with Crippen LogP contribution in [-0.2, 0) is 13.6 Å². The van der Waals surface area contributed by atoms with Crippen molar-refractivity contribution in [2.75, 3.05) is 20.4 Å². The molecule has 1 fully saturated rings. The van der Waals surface area contributed by atoms with Crippen LogP contribution >= 0.6 is 7.60 Å². The predicted octanol–water partition coefficient (Wildman–Crippen LogP) is 3.26. The van der Waals surface area contributed by atoms with E-state index in [4.69, 9.17) is 9.05 Å². The molecule has 1 aliphatic carbocycles. The molecule has 0 N–H and O–H groups in total. The normalized spacial score (nSPS) is 19.9. The van der Waals surface area contributed by atoms with Crippen molar-refractivity contribution in [3.8, 4) is 0 Å². The van der Waals surface area contributed by atoms with Gasteiger partial charge in [0.1, 0.15) is 0 Å². The zero-order valence-electron chi connectivity index (χ0n) is 9.07. The average molecular weight is 219 g/mol. The van der Waals surface area contributed by atoms with Crippen molar-refractivity contribution in [2.45, 2.75) is 32.1 Å². The number of hydrogen-bond donors (Lipinski definition) is 0. The molecule has 0 aromatic heterocycles. The molecule has 0 aromatic rings. The van der Waals surface area contributed by atoms with Gasteiger partial charge >= 0.3 is 7.60 Å². The van der Waals surface area contributed by atoms with Crippen LogP contribution in [0.4, 0.5) is 0 Å². The van der Waals surface area contributed by atoms with Crippen LogP contribution in [0.2, 0.25) is 0 Å². The SMILES string of the molecule is COP(=O)(CCC1CC[CH]CC1)OC. The van der Waals surface area contributed by atoms with Crippen LogP contribution in [0.15, 0.2) is 0 Å². The van der Waals surface area contributed by atoms with E-state index in [2.05, 4.69) is 6.42 Å². The van der Waals surface area contributed by atoms with Crippen molar-refractivity contribution in [3.05, 3.63) is 6.42 Å². The first-order valence-corrected chi connectivity index (χ1v) is 6.95. The summed E-state index contributed by atoms with van der Waals surface area (Å²) in [6.07, 6.45) is 8.73. The maximum atomic E-state index is 11.7. The Labute approximate surface area is 86.7 Å². The summed E-state index contributed by atoms with van der Waals surface area (Å²) in [6.45, 7) is 0. The lowest BCUT2D eigenvalue weighted by Crippen LogP contribution is -2.09. The van der Waals surface area contributed by atoms with Gasteiger partial charge in [-0.1, -0.05) is 12.8 Å². The fraction of sp³-hybridized carbons (Fsp3) is 0.900. The van der Waals surface area contributed by atoms with E-state index in [1.807, 2.05) is 0 Å². The molecule has 1 saturated carbocycles. The third-order valence-electron chi connectivity index (χ3n) is 2.93. The molecule has 0 aliphatic heterocycles. The lowest BCUT2D eigenvalue weighted by atomic mass is 9.88. The monoisotopic (exact) mass is 219 g/mol. The molecule has 0 amide bonds. The van der Waals surface area contributed by atoms with Gasteiger partial charge in [0.2, 0.25) is 0 Å². The smallest absolute Gasteiger partial charge is 0.312 e. The highest BCUT2D eigenvalue weighted by molar-refractivity contribution is 7.53. The van der Waals surface area contributed by atoms with Gasteiger partial charge in [-0.05, 0) is 31.6 Å². The summed E-state index contributed by atoms with van der Waals surface area (Å²) < 4.78 is 21.5. The van der Waals surface area contributed by atoms with Crippen molar-refractivity contribution < 1.29 is 13.6 Å². The summed E-state index contributed by atoms with van der Waals surface area (Å²) in [5.74, 6) is 0.707. The molecule has 4 heteroatoms. The Balaban J connectivity index is 2.27. The van der Waals surface area contributed by atoms with Crippen molar-refractivity contribution in [2.24, 2.45) is 5.92 Å². The van der Waals surface area contributed by atoms with Crippen LogP contribution in [0.1, 0.15) is 32.1 Å². The van der Waals surface area contributed by atoms with Crippen molar-refractivity contribution in [3.63, 3.8) is 0 Å². The van der Waals surface area contributed by atoms with E-state index in [-0.39, 0.29) is 0 Å². The largest absolute Gasteiger partial charge is 0.330 e. The minimum atomic E-state index is -2.76. The second kappa shape index (κ2) is 5.89. The van der Waals surface area contributed by atoms with Gasteiger partial charge in [-0.2, -0.15) is 0 Å². The third kappa shape index (κ3) is 3.72. The van der Waals surface area contributed by atoms with E-state index in [1.165, 1.54) is 39.9 Å². The predicted molar refractivity (Wildman–Crippen MR) is 57.4 cm³/mol. The lowest BCUT2D eigenvalue weighted by Gasteiger charge is -2.22. The van der Waals surface area contributed by atoms with Crippen LogP contribution in [0.3, 0.4) is 0 Å². The molecule has 0 saturated heterocycles. The lowest BCUT2D eigenvalue weighted by molar-refractivity contribution is 0.270. The molecule has 0 spiro atoms. The summed E-state index contributed by atoms with van der Waals surface area (Å²) >= 11 is 0. The molecule has 14 heavy (non-hydrogen) atoms. The highest BCUT2D eigenvalue weighted by Gasteiger charge is 2.23. The molecule has 0 unspecified atom stereocenters. The van der Waals surface area contributed by atoms with Gasteiger partial charge in [0, 0.05) is 14.2 Å². The summed E-state index contributed by atoms with van der Waals surface area (Å²) in [7, 11) is 0.157. The average Bonchev–Trinajstić information content (AvgIpc) is 2.27. The first-order chi connectivity index (χ1) is 6.70. The molecule has 1 radical (unpaired) electrons. The molecule has 83 valence electrons. The van der Waals surface area contributed by atoms with Gasteiger partial charge in [0.15, 0.2) is 0 Å². The molecular formula is C10H20O3P. The van der Waals surface area contributed by atoms with Gasteiger partial charge in [0.05, 0.1) is 6.16 Å². The Morgan fingerprint density at radius 2 is 1.86 bits per heavy atom. The van der Waals surface area contributed by atoms with Crippen LogP contribution in [-0.4, -0.2) is 20.4 Å². The van der Waals surface area contributed by atoms with E-state index in [1.54, 1.807) is 0 Å². The van der Waals surface area contributed by atoms with Crippen molar-refractivity contribution >= 4 is 7.60 Å². The molecule has 0 heterocycles. The maximum Gasteiger partial charge on any atom is 0.330 e. The maximum absolute atomic E-state index is 11.7. The topological polar surface area (TPSA) is 35.5 Å². The Morgan fingerprint density at radius 3 is 2.36 bits per heavy atom. The quantitative estimate of drug-likeness (QED) is 0.666. The second-order valence-electron chi connectivity index (χ2n) is 3.80. The molecular weight excluding hydrogens is 199 g/mol. The minimum Gasteiger partial charge on any atom is -0.312 e. The highest BCUT2D eigenvalue weighted by Crippen LogP contribution is 2.48. The molecule has 0 atom stereocenters. The Kier molecular flexibility index (Phi) is 5.14. The van der Waals surface area contributed by atoms with E-state index >= 15 is 0 Å². The van der Waals surface area contributed by atoms with Gasteiger partial charge in [-0.25, -0.2) is 0 Å². The third-order valence-corrected chi connectivity index (χ3v) is 4.84. The fourth-order valence-electron chi connectivity index (χ4n) is 1.88. The van der Waals surface area contributed by atoms with Gasteiger partial charge in [0.25, 0.3) is 0 Å². The molecule has 1 aliphatic rings. The first-order valence-electron chi connectivity index (χ1n) is 5.22. The van der Waals surface area contributed by atoms with Crippen LogP contribution in [0.5, 0.6) is 0 Å². The summed E-state index contributed by atoms with van der Waals surface area (Å²) in [4.78, 5) is 0. The van der Waals surface area contributed by atoms with E-state index in [0.29, 0.717) is 12.1 Å². The van der Waals surface area contributed by atoms with Crippen molar-refractivity contribution in [1.29, 1.82) is 0 Å². The summed E-state index contributed by atoms with van der Waals surface area (Å²) in [6, 6.07) is 0. The molecule has 3 nitrogen and oxygen atoms in total. The summed E-state index contributed by atoms with van der Waals surface area (Å²) in [5.41, 5.74) is 0. The zero-order chi connectivity index (χ0) is 10.4. The molecule has 1 rings (SSSR count). The minimum absolute atomic E-state index is 0.560. The van der Waals surface area contributed by atoms with Crippen LogP contribution < -0.4 is 0 Å². The Morgan fingerprint density at radius 1 is 1.29 bits per heavy atom. The highest BCUT2D eigenvalue weighted by atomic mass is 31.2. The Hall–Kier alpha value is 0.150. The van der Waals surface area contributed by atoms with E-state index < -0.39 is 7.60 Å². The zero-order valence-corrected chi connectivity index (χ0v) is 9.96. The van der Waals surface area contributed by atoms with Crippen LogP contribution in [0, 0.1) is 12.3 Å². The summed E-state index contributed by atoms with van der Waals surface area (Å²) in [5, 5.41) is 0. The first kappa shape index (κ1) is 12.2. The van der Waals surface area contributed by atoms with Crippen LogP contribution in [0.25, 0.3) is 0 Å². The molecule has 0 aromatic carbocycles. The van der Waals surface area contributed by atoms with E-state index in [0.717, 1.165) is 6.42 Å². The van der Waals surface area contributed by atoms with Gasteiger partial charge in [-0.3, -0.25) is 4.57 Å². The Bertz CT molecular complexity index is 192. The van der Waals surface area contributed by atoms with Gasteiger partial charge < -0.3 is 9.05 Å². The van der Waals surface area contributed by atoms with Crippen molar-refractivity contribution in [1.82, 2.24) is 0 Å². The molecule has 0 bridgehead atoms. The second-order valence-corrected chi connectivity index (χ2v) is 6.20. The van der Waals surface area contributed by atoms with E-state index in [9.17, 15) is 4.57 Å². The fourth-order valence-corrected chi connectivity index (χ4v) is 3.08. The standard InChI is InChI=1S/C10H20O3P/c1-12-14(11,13-2)9-8-10-6-4-3-5-7-10/h3,10H,4-9H2,1-2H3.